The molecule has 1 aromatic carbocycles. The zero-order valence-corrected chi connectivity index (χ0v) is 14.8. The number of fused-ring (bicyclic) bond motifs is 3. The molecule has 0 radical (unpaired) electrons. The minimum atomic E-state index is 0.0759. The van der Waals surface area contributed by atoms with Crippen molar-refractivity contribution >= 4 is 21.6 Å². The van der Waals surface area contributed by atoms with Crippen LogP contribution in [0.1, 0.15) is 22.4 Å². The zero-order valence-electron chi connectivity index (χ0n) is 14.0. The molecule has 124 valence electrons. The van der Waals surface area contributed by atoms with Gasteiger partial charge in [0.2, 0.25) is 0 Å². The van der Waals surface area contributed by atoms with Crippen molar-refractivity contribution in [3.63, 3.8) is 0 Å². The SMILES string of the molecule is COCCn1c(-c2ccc(C)cc2)nc2sc3c(c2c1=O)CCC3. The second-order valence-corrected chi connectivity index (χ2v) is 7.37. The summed E-state index contributed by atoms with van der Waals surface area (Å²) >= 11 is 1.69. The van der Waals surface area contributed by atoms with E-state index in [-0.39, 0.29) is 5.56 Å². The van der Waals surface area contributed by atoms with Gasteiger partial charge in [0, 0.05) is 17.6 Å². The average molecular weight is 340 g/mol. The topological polar surface area (TPSA) is 44.1 Å². The number of methoxy groups -OCH3 is 1. The molecular formula is C19H20N2O2S. The fourth-order valence-electron chi connectivity index (χ4n) is 3.39. The number of hydrogen-bond donors (Lipinski definition) is 0. The Kier molecular flexibility index (Phi) is 3.98. The van der Waals surface area contributed by atoms with Crippen molar-refractivity contribution in [1.82, 2.24) is 9.55 Å². The molecule has 1 aliphatic carbocycles. The lowest BCUT2D eigenvalue weighted by atomic mass is 10.1. The Bertz CT molecular complexity index is 954. The normalized spacial score (nSPS) is 13.6. The number of thiophene rings is 1. The van der Waals surface area contributed by atoms with E-state index in [0.717, 1.165) is 40.9 Å². The molecule has 5 heteroatoms. The van der Waals surface area contributed by atoms with E-state index in [1.54, 1.807) is 23.0 Å². The molecule has 0 fully saturated rings. The molecule has 0 N–H and O–H groups in total. The van der Waals surface area contributed by atoms with Crippen molar-refractivity contribution in [2.45, 2.75) is 32.7 Å². The summed E-state index contributed by atoms with van der Waals surface area (Å²) in [4.78, 5) is 20.3. The summed E-state index contributed by atoms with van der Waals surface area (Å²) in [5, 5.41) is 0.833. The summed E-state index contributed by atoms with van der Waals surface area (Å²) in [5.41, 5.74) is 3.48. The van der Waals surface area contributed by atoms with Crippen molar-refractivity contribution in [3.05, 3.63) is 50.6 Å². The van der Waals surface area contributed by atoms with Gasteiger partial charge >= 0.3 is 0 Å². The number of rotatable bonds is 4. The van der Waals surface area contributed by atoms with E-state index in [4.69, 9.17) is 9.72 Å². The number of hydrogen-bond acceptors (Lipinski definition) is 4. The Balaban J connectivity index is 1.97. The highest BCUT2D eigenvalue weighted by Gasteiger charge is 2.23. The minimum Gasteiger partial charge on any atom is -0.383 e. The summed E-state index contributed by atoms with van der Waals surface area (Å²) in [7, 11) is 1.66. The predicted octanol–water partition coefficient (Wildman–Crippen LogP) is 3.57. The lowest BCUT2D eigenvalue weighted by Crippen LogP contribution is -2.25. The van der Waals surface area contributed by atoms with Crippen LogP contribution in [0.25, 0.3) is 21.6 Å². The maximum Gasteiger partial charge on any atom is 0.262 e. The monoisotopic (exact) mass is 340 g/mol. The zero-order chi connectivity index (χ0) is 16.7. The van der Waals surface area contributed by atoms with Crippen LogP contribution in [0.5, 0.6) is 0 Å². The standard InChI is InChI=1S/C19H20N2O2S/c1-12-6-8-13(9-7-12)17-20-18-16(14-4-3-5-15(14)24-18)19(22)21(17)10-11-23-2/h6-9H,3-5,10-11H2,1-2H3. The molecule has 0 aliphatic heterocycles. The Morgan fingerprint density at radius 2 is 2.04 bits per heavy atom. The molecule has 0 saturated heterocycles. The van der Waals surface area contributed by atoms with Crippen molar-refractivity contribution in [1.29, 1.82) is 0 Å². The number of ether oxygens (including phenoxy) is 1. The van der Waals surface area contributed by atoms with Gasteiger partial charge in [-0.3, -0.25) is 9.36 Å². The molecule has 0 spiro atoms. The first-order valence-corrected chi connectivity index (χ1v) is 9.11. The summed E-state index contributed by atoms with van der Waals surface area (Å²) < 4.78 is 6.99. The highest BCUT2D eigenvalue weighted by atomic mass is 32.1. The largest absolute Gasteiger partial charge is 0.383 e. The summed E-state index contributed by atoms with van der Waals surface area (Å²) in [5.74, 6) is 0.740. The minimum absolute atomic E-state index is 0.0759. The maximum atomic E-state index is 13.2. The molecule has 0 saturated carbocycles. The van der Waals surface area contributed by atoms with Crippen LogP contribution in [0.2, 0.25) is 0 Å². The van der Waals surface area contributed by atoms with E-state index < -0.39 is 0 Å². The number of benzene rings is 1. The van der Waals surface area contributed by atoms with Gasteiger partial charge < -0.3 is 4.74 Å². The third kappa shape index (κ3) is 2.48. The van der Waals surface area contributed by atoms with Gasteiger partial charge in [0.1, 0.15) is 10.7 Å². The second kappa shape index (κ2) is 6.15. The molecule has 24 heavy (non-hydrogen) atoms. The molecule has 1 aliphatic rings. The number of nitrogens with zero attached hydrogens (tertiary/aromatic N) is 2. The van der Waals surface area contributed by atoms with Crippen LogP contribution >= 0.6 is 11.3 Å². The Hall–Kier alpha value is -1.98. The number of aryl methyl sites for hydroxylation is 3. The molecule has 4 nitrogen and oxygen atoms in total. The van der Waals surface area contributed by atoms with E-state index in [1.165, 1.54) is 16.0 Å². The highest BCUT2D eigenvalue weighted by Crippen LogP contribution is 2.35. The van der Waals surface area contributed by atoms with Crippen LogP contribution in [-0.2, 0) is 24.1 Å². The van der Waals surface area contributed by atoms with E-state index >= 15 is 0 Å². The quantitative estimate of drug-likeness (QED) is 0.729. The lowest BCUT2D eigenvalue weighted by molar-refractivity contribution is 0.186. The first kappa shape index (κ1) is 15.5. The van der Waals surface area contributed by atoms with Crippen LogP contribution in [0.15, 0.2) is 29.1 Å². The molecule has 2 heterocycles. The van der Waals surface area contributed by atoms with Gasteiger partial charge in [-0.2, -0.15) is 0 Å². The highest BCUT2D eigenvalue weighted by molar-refractivity contribution is 7.18. The van der Waals surface area contributed by atoms with E-state index in [1.807, 2.05) is 12.1 Å². The van der Waals surface area contributed by atoms with Gasteiger partial charge in [-0.25, -0.2) is 4.98 Å². The van der Waals surface area contributed by atoms with E-state index in [2.05, 4.69) is 19.1 Å². The molecule has 0 atom stereocenters. The Morgan fingerprint density at radius 3 is 2.79 bits per heavy atom. The van der Waals surface area contributed by atoms with Crippen molar-refractivity contribution in [2.75, 3.05) is 13.7 Å². The first-order chi connectivity index (χ1) is 11.7. The van der Waals surface area contributed by atoms with Gasteiger partial charge in [0.05, 0.1) is 18.5 Å². The summed E-state index contributed by atoms with van der Waals surface area (Å²) in [6.45, 7) is 3.08. The van der Waals surface area contributed by atoms with Gasteiger partial charge in [0.25, 0.3) is 5.56 Å². The van der Waals surface area contributed by atoms with E-state index in [9.17, 15) is 4.79 Å². The molecular weight excluding hydrogens is 320 g/mol. The average Bonchev–Trinajstić information content (AvgIpc) is 3.15. The molecule has 4 rings (SSSR count). The molecule has 0 bridgehead atoms. The maximum absolute atomic E-state index is 13.2. The lowest BCUT2D eigenvalue weighted by Gasteiger charge is -2.13. The third-order valence-corrected chi connectivity index (χ3v) is 5.84. The first-order valence-electron chi connectivity index (χ1n) is 8.30. The van der Waals surface area contributed by atoms with Crippen LogP contribution in [-0.4, -0.2) is 23.3 Å². The fourth-order valence-corrected chi connectivity index (χ4v) is 4.64. The van der Waals surface area contributed by atoms with Crippen molar-refractivity contribution in [2.24, 2.45) is 0 Å². The third-order valence-electron chi connectivity index (χ3n) is 4.65. The smallest absolute Gasteiger partial charge is 0.262 e. The van der Waals surface area contributed by atoms with Crippen LogP contribution in [0.4, 0.5) is 0 Å². The predicted molar refractivity (Wildman–Crippen MR) is 98.0 cm³/mol. The summed E-state index contributed by atoms with van der Waals surface area (Å²) in [6, 6.07) is 8.18. The van der Waals surface area contributed by atoms with Gasteiger partial charge in [-0.1, -0.05) is 29.8 Å². The van der Waals surface area contributed by atoms with Gasteiger partial charge in [-0.05, 0) is 31.7 Å². The van der Waals surface area contributed by atoms with Gasteiger partial charge in [-0.15, -0.1) is 11.3 Å². The molecule has 2 aromatic heterocycles. The van der Waals surface area contributed by atoms with Crippen molar-refractivity contribution < 1.29 is 4.74 Å². The second-order valence-electron chi connectivity index (χ2n) is 6.29. The van der Waals surface area contributed by atoms with E-state index in [0.29, 0.717) is 13.2 Å². The molecule has 0 unspecified atom stereocenters. The Labute approximate surface area is 144 Å². The van der Waals surface area contributed by atoms with Crippen LogP contribution < -0.4 is 5.56 Å². The molecule has 0 amide bonds. The van der Waals surface area contributed by atoms with Crippen LogP contribution in [0.3, 0.4) is 0 Å². The summed E-state index contributed by atoms with van der Waals surface area (Å²) in [6.07, 6.45) is 3.22. The number of aromatic nitrogens is 2. The van der Waals surface area contributed by atoms with Gasteiger partial charge in [0.15, 0.2) is 0 Å². The van der Waals surface area contributed by atoms with Crippen LogP contribution in [0, 0.1) is 6.92 Å². The van der Waals surface area contributed by atoms with Crippen molar-refractivity contribution in [3.8, 4) is 11.4 Å². The Morgan fingerprint density at radius 1 is 1.25 bits per heavy atom. The fraction of sp³-hybridized carbons (Fsp3) is 0.368. The molecule has 3 aromatic rings.